The molecule has 1 aliphatic heterocycles. The van der Waals surface area contributed by atoms with E-state index in [1.807, 2.05) is 91.5 Å². The van der Waals surface area contributed by atoms with Gasteiger partial charge < -0.3 is 4.90 Å². The van der Waals surface area contributed by atoms with Crippen molar-refractivity contribution < 1.29 is 9.59 Å². The summed E-state index contributed by atoms with van der Waals surface area (Å²) < 4.78 is 0. The van der Waals surface area contributed by atoms with Crippen LogP contribution >= 0.6 is 11.8 Å². The zero-order valence-electron chi connectivity index (χ0n) is 20.2. The quantitative estimate of drug-likeness (QED) is 0.281. The van der Waals surface area contributed by atoms with Crippen molar-refractivity contribution in [3.8, 4) is 0 Å². The molecule has 0 radical (unpaired) electrons. The number of benzene rings is 4. The molecule has 1 amide bonds. The summed E-state index contributed by atoms with van der Waals surface area (Å²) in [6.45, 7) is 4.03. The van der Waals surface area contributed by atoms with E-state index in [2.05, 4.69) is 29.3 Å². The highest BCUT2D eigenvalue weighted by Crippen LogP contribution is 2.46. The molecular weight excluding hydrogens is 464 g/mol. The summed E-state index contributed by atoms with van der Waals surface area (Å²) in [4.78, 5) is 33.6. The summed E-state index contributed by atoms with van der Waals surface area (Å²) in [6.07, 6.45) is 0. The normalized spacial score (nSPS) is 18.4. The van der Waals surface area contributed by atoms with E-state index in [1.54, 1.807) is 12.1 Å². The lowest BCUT2D eigenvalue weighted by Gasteiger charge is -2.28. The van der Waals surface area contributed by atoms with E-state index >= 15 is 0 Å². The van der Waals surface area contributed by atoms with Crippen LogP contribution in [0.3, 0.4) is 0 Å². The number of hydrogen-bond donors (Lipinski definition) is 0. The van der Waals surface area contributed by atoms with Crippen molar-refractivity contribution in [2.45, 2.75) is 25.1 Å². The molecule has 1 saturated heterocycles. The SMILES string of the molecule is Cc1ccc(C(=O)N=C2S[C@@H](C(=O)c3ccccc3)[C@H](c3ccc(C)cc3)N2c2ccccc2)cc1. The first kappa shape index (κ1) is 23.8. The first-order valence-corrected chi connectivity index (χ1v) is 12.8. The summed E-state index contributed by atoms with van der Waals surface area (Å²) in [5.41, 5.74) is 5.27. The number of para-hydroxylation sites is 1. The van der Waals surface area contributed by atoms with Gasteiger partial charge in [-0.3, -0.25) is 9.59 Å². The van der Waals surface area contributed by atoms with Gasteiger partial charge in [-0.2, -0.15) is 4.99 Å². The minimum Gasteiger partial charge on any atom is -0.312 e. The molecule has 1 aliphatic rings. The van der Waals surface area contributed by atoms with Crippen molar-refractivity contribution in [3.63, 3.8) is 0 Å². The molecule has 0 aromatic heterocycles. The number of amidine groups is 1. The van der Waals surface area contributed by atoms with Gasteiger partial charge in [-0.25, -0.2) is 0 Å². The predicted octanol–water partition coefficient (Wildman–Crippen LogP) is 7.05. The first-order chi connectivity index (χ1) is 17.5. The number of thioether (sulfide) groups is 1. The van der Waals surface area contributed by atoms with Crippen LogP contribution in [-0.4, -0.2) is 22.1 Å². The fourth-order valence-corrected chi connectivity index (χ4v) is 5.67. The number of nitrogens with zero attached hydrogens (tertiary/aromatic N) is 2. The minimum absolute atomic E-state index is 0.0140. The first-order valence-electron chi connectivity index (χ1n) is 11.9. The van der Waals surface area contributed by atoms with Crippen LogP contribution in [0.15, 0.2) is 114 Å². The molecule has 5 heteroatoms. The van der Waals surface area contributed by atoms with Gasteiger partial charge in [-0.05, 0) is 43.7 Å². The van der Waals surface area contributed by atoms with E-state index in [1.165, 1.54) is 11.8 Å². The third-order valence-corrected chi connectivity index (χ3v) is 7.49. The maximum absolute atomic E-state index is 13.8. The second-order valence-corrected chi connectivity index (χ2v) is 10.0. The van der Waals surface area contributed by atoms with Crippen molar-refractivity contribution in [2.75, 3.05) is 4.90 Å². The van der Waals surface area contributed by atoms with Gasteiger partial charge in [0.15, 0.2) is 11.0 Å². The van der Waals surface area contributed by atoms with Crippen LogP contribution in [0, 0.1) is 13.8 Å². The Morgan fingerprint density at radius 2 is 1.25 bits per heavy atom. The van der Waals surface area contributed by atoms with E-state index in [0.29, 0.717) is 16.3 Å². The molecule has 4 aromatic rings. The molecule has 2 atom stereocenters. The van der Waals surface area contributed by atoms with Gasteiger partial charge in [0.25, 0.3) is 5.91 Å². The molecule has 0 bridgehead atoms. The zero-order valence-corrected chi connectivity index (χ0v) is 21.0. The molecule has 36 heavy (non-hydrogen) atoms. The second-order valence-electron chi connectivity index (χ2n) is 8.90. The molecule has 4 aromatic carbocycles. The van der Waals surface area contributed by atoms with Gasteiger partial charge in [0, 0.05) is 16.8 Å². The summed E-state index contributed by atoms with van der Waals surface area (Å²) in [6, 6.07) is 34.5. The molecular formula is C31H26N2O2S. The number of hydrogen-bond acceptors (Lipinski definition) is 3. The third-order valence-electron chi connectivity index (χ3n) is 6.27. The monoisotopic (exact) mass is 490 g/mol. The molecule has 0 saturated carbocycles. The average molecular weight is 491 g/mol. The van der Waals surface area contributed by atoms with E-state index in [4.69, 9.17) is 0 Å². The Bertz CT molecular complexity index is 1400. The summed E-state index contributed by atoms with van der Waals surface area (Å²) in [5.74, 6) is -0.311. The molecule has 4 nitrogen and oxygen atoms in total. The van der Waals surface area contributed by atoms with Crippen LogP contribution in [0.4, 0.5) is 5.69 Å². The van der Waals surface area contributed by atoms with E-state index in [0.717, 1.165) is 22.4 Å². The highest BCUT2D eigenvalue weighted by molar-refractivity contribution is 8.15. The van der Waals surface area contributed by atoms with Crippen molar-refractivity contribution >= 4 is 34.3 Å². The van der Waals surface area contributed by atoms with E-state index in [-0.39, 0.29) is 17.7 Å². The van der Waals surface area contributed by atoms with Crippen LogP contribution in [0.25, 0.3) is 0 Å². The minimum atomic E-state index is -0.472. The number of aryl methyl sites for hydroxylation is 2. The molecule has 0 N–H and O–H groups in total. The summed E-state index contributed by atoms with van der Waals surface area (Å²) in [5, 5.41) is 0.0477. The van der Waals surface area contributed by atoms with Crippen LogP contribution in [0.1, 0.15) is 43.4 Å². The van der Waals surface area contributed by atoms with Gasteiger partial charge in [0.05, 0.1) is 6.04 Å². The van der Waals surface area contributed by atoms with Crippen molar-refractivity contribution in [2.24, 2.45) is 4.99 Å². The van der Waals surface area contributed by atoms with Crippen LogP contribution < -0.4 is 4.90 Å². The van der Waals surface area contributed by atoms with Gasteiger partial charge >= 0.3 is 0 Å². The average Bonchev–Trinajstić information content (AvgIpc) is 3.29. The lowest BCUT2D eigenvalue weighted by atomic mass is 9.95. The third kappa shape index (κ3) is 4.88. The number of anilines is 1. The molecule has 5 rings (SSSR count). The van der Waals surface area contributed by atoms with Crippen LogP contribution in [-0.2, 0) is 0 Å². The smallest absolute Gasteiger partial charge is 0.279 e. The Kier molecular flexibility index (Phi) is 6.83. The molecule has 0 spiro atoms. The number of rotatable bonds is 5. The number of aliphatic imine (C=N–C) groups is 1. The van der Waals surface area contributed by atoms with Gasteiger partial charge in [-0.15, -0.1) is 0 Å². The zero-order chi connectivity index (χ0) is 25.1. The maximum Gasteiger partial charge on any atom is 0.279 e. The molecule has 178 valence electrons. The lowest BCUT2D eigenvalue weighted by molar-refractivity contribution is 0.0981. The van der Waals surface area contributed by atoms with Crippen molar-refractivity contribution in [1.82, 2.24) is 0 Å². The number of ketones is 1. The Balaban J connectivity index is 1.64. The highest BCUT2D eigenvalue weighted by atomic mass is 32.2. The largest absolute Gasteiger partial charge is 0.312 e. The highest BCUT2D eigenvalue weighted by Gasteiger charge is 2.45. The number of carbonyl (C=O) groups is 2. The Hall–Kier alpha value is -3.96. The van der Waals surface area contributed by atoms with Gasteiger partial charge in [0.1, 0.15) is 5.25 Å². The number of Topliss-reactive ketones (excluding diaryl/α,β-unsaturated/α-hetero) is 1. The summed E-state index contributed by atoms with van der Waals surface area (Å²) >= 11 is 1.36. The standard InChI is InChI=1S/C31H26N2O2S/c1-21-13-17-23(18-14-21)27-29(28(34)24-9-5-3-6-10-24)36-31(33(27)26-11-7-4-8-12-26)32-30(35)25-19-15-22(2)16-20-25/h3-20,27,29H,1-2H3/t27-,29+/m0/s1. The molecule has 1 heterocycles. The van der Waals surface area contributed by atoms with E-state index < -0.39 is 5.25 Å². The fraction of sp³-hybridized carbons (Fsp3) is 0.129. The lowest BCUT2D eigenvalue weighted by Crippen LogP contribution is -2.33. The second kappa shape index (κ2) is 10.3. The molecule has 0 aliphatic carbocycles. The number of carbonyl (C=O) groups excluding carboxylic acids is 2. The fourth-order valence-electron chi connectivity index (χ4n) is 4.33. The van der Waals surface area contributed by atoms with Gasteiger partial charge in [0.2, 0.25) is 0 Å². The predicted molar refractivity (Wildman–Crippen MR) is 148 cm³/mol. The van der Waals surface area contributed by atoms with Crippen molar-refractivity contribution in [1.29, 1.82) is 0 Å². The van der Waals surface area contributed by atoms with Crippen LogP contribution in [0.2, 0.25) is 0 Å². The molecule has 0 unspecified atom stereocenters. The molecule has 1 fully saturated rings. The van der Waals surface area contributed by atoms with E-state index in [9.17, 15) is 9.59 Å². The van der Waals surface area contributed by atoms with Crippen molar-refractivity contribution in [3.05, 3.63) is 137 Å². The number of amides is 1. The van der Waals surface area contributed by atoms with Gasteiger partial charge in [-0.1, -0.05) is 108 Å². The maximum atomic E-state index is 13.8. The summed E-state index contributed by atoms with van der Waals surface area (Å²) in [7, 11) is 0. The Labute approximate surface area is 215 Å². The Morgan fingerprint density at radius 1 is 0.694 bits per heavy atom. The topological polar surface area (TPSA) is 49.7 Å². The van der Waals surface area contributed by atoms with Crippen LogP contribution in [0.5, 0.6) is 0 Å². The Morgan fingerprint density at radius 3 is 1.86 bits per heavy atom.